The molecule has 1 unspecified atom stereocenters. The standard InChI is InChI=1S/C27H27ClO4/c1-17(26(29)30)12-18-8-10-22(11-9-18)31-16-21-14-19(23-6-4-5-7-24(23)28)13-20-15-27(2,3)32-25(20)21/h4-11,13-14,17H,12,15-16H2,1-3H3,(H,29,30). The Hall–Kier alpha value is -2.98. The highest BCUT2D eigenvalue weighted by Crippen LogP contribution is 2.42. The highest BCUT2D eigenvalue weighted by molar-refractivity contribution is 6.33. The van der Waals surface area contributed by atoms with E-state index >= 15 is 0 Å². The fraction of sp³-hybridized carbons (Fsp3) is 0.296. The molecule has 0 fully saturated rings. The molecular weight excluding hydrogens is 424 g/mol. The van der Waals surface area contributed by atoms with Crippen molar-refractivity contribution in [1.29, 1.82) is 0 Å². The lowest BCUT2D eigenvalue weighted by atomic mass is 9.95. The molecule has 0 aromatic heterocycles. The molecule has 1 N–H and O–H groups in total. The van der Waals surface area contributed by atoms with Crippen LogP contribution >= 0.6 is 11.6 Å². The second-order valence-electron chi connectivity index (χ2n) is 9.02. The van der Waals surface area contributed by atoms with Gasteiger partial charge in [0.15, 0.2) is 0 Å². The molecule has 0 saturated heterocycles. The van der Waals surface area contributed by atoms with Crippen LogP contribution in [-0.2, 0) is 24.2 Å². The van der Waals surface area contributed by atoms with E-state index in [1.807, 2.05) is 48.5 Å². The Morgan fingerprint density at radius 3 is 2.56 bits per heavy atom. The van der Waals surface area contributed by atoms with Gasteiger partial charge in [-0.05, 0) is 67.3 Å². The highest BCUT2D eigenvalue weighted by atomic mass is 35.5. The smallest absolute Gasteiger partial charge is 0.306 e. The van der Waals surface area contributed by atoms with Gasteiger partial charge in [-0.15, -0.1) is 0 Å². The lowest BCUT2D eigenvalue weighted by Gasteiger charge is -2.18. The average molecular weight is 451 g/mol. The molecule has 0 amide bonds. The van der Waals surface area contributed by atoms with Gasteiger partial charge < -0.3 is 14.6 Å². The molecule has 5 heteroatoms. The molecule has 4 nitrogen and oxygen atoms in total. The number of halogens is 1. The molecule has 1 aliphatic heterocycles. The predicted octanol–water partition coefficient (Wildman–Crippen LogP) is 6.56. The minimum Gasteiger partial charge on any atom is -0.489 e. The van der Waals surface area contributed by atoms with Crippen LogP contribution in [0.2, 0.25) is 5.02 Å². The predicted molar refractivity (Wildman–Crippen MR) is 127 cm³/mol. The Morgan fingerprint density at radius 1 is 1.16 bits per heavy atom. The zero-order valence-corrected chi connectivity index (χ0v) is 19.3. The summed E-state index contributed by atoms with van der Waals surface area (Å²) in [5, 5.41) is 9.81. The number of carboxylic acid groups (broad SMARTS) is 1. The Morgan fingerprint density at radius 2 is 1.88 bits per heavy atom. The van der Waals surface area contributed by atoms with E-state index in [9.17, 15) is 4.79 Å². The van der Waals surface area contributed by atoms with E-state index in [1.54, 1.807) is 6.92 Å². The van der Waals surface area contributed by atoms with Crippen molar-refractivity contribution in [2.45, 2.75) is 45.8 Å². The van der Waals surface area contributed by atoms with E-state index < -0.39 is 11.9 Å². The van der Waals surface area contributed by atoms with E-state index in [2.05, 4.69) is 26.0 Å². The topological polar surface area (TPSA) is 55.8 Å². The molecule has 0 spiro atoms. The number of hydrogen-bond acceptors (Lipinski definition) is 3. The van der Waals surface area contributed by atoms with Crippen LogP contribution < -0.4 is 9.47 Å². The van der Waals surface area contributed by atoms with E-state index in [4.69, 9.17) is 26.2 Å². The van der Waals surface area contributed by atoms with Crippen LogP contribution in [0.3, 0.4) is 0 Å². The molecule has 4 rings (SSSR count). The minimum absolute atomic E-state index is 0.265. The normalized spacial score (nSPS) is 15.0. The fourth-order valence-electron chi connectivity index (χ4n) is 4.07. The molecule has 166 valence electrons. The first kappa shape index (κ1) is 22.2. The van der Waals surface area contributed by atoms with Crippen LogP contribution in [0.5, 0.6) is 11.5 Å². The van der Waals surface area contributed by atoms with Crippen LogP contribution in [0.25, 0.3) is 11.1 Å². The summed E-state index contributed by atoms with van der Waals surface area (Å²) in [5.41, 5.74) is 4.88. The van der Waals surface area contributed by atoms with E-state index in [-0.39, 0.29) is 5.60 Å². The maximum absolute atomic E-state index is 11.1. The van der Waals surface area contributed by atoms with Gasteiger partial charge in [-0.2, -0.15) is 0 Å². The summed E-state index contributed by atoms with van der Waals surface area (Å²) in [7, 11) is 0. The zero-order valence-electron chi connectivity index (χ0n) is 18.5. The third-order valence-electron chi connectivity index (χ3n) is 5.70. The molecule has 1 atom stereocenters. The highest BCUT2D eigenvalue weighted by Gasteiger charge is 2.32. The fourth-order valence-corrected chi connectivity index (χ4v) is 4.31. The maximum atomic E-state index is 11.1. The molecule has 1 aliphatic rings. The van der Waals surface area contributed by atoms with Crippen molar-refractivity contribution in [3.05, 3.63) is 82.4 Å². The van der Waals surface area contributed by atoms with E-state index in [0.717, 1.165) is 45.7 Å². The van der Waals surface area contributed by atoms with Gasteiger partial charge in [0.2, 0.25) is 0 Å². The maximum Gasteiger partial charge on any atom is 0.306 e. The van der Waals surface area contributed by atoms with Crippen molar-refractivity contribution in [2.75, 3.05) is 0 Å². The van der Waals surface area contributed by atoms with Gasteiger partial charge in [-0.3, -0.25) is 4.79 Å². The van der Waals surface area contributed by atoms with Crippen molar-refractivity contribution in [1.82, 2.24) is 0 Å². The molecule has 0 saturated carbocycles. The Balaban J connectivity index is 1.57. The lowest BCUT2D eigenvalue weighted by Crippen LogP contribution is -2.25. The van der Waals surface area contributed by atoms with Crippen molar-refractivity contribution in [3.63, 3.8) is 0 Å². The van der Waals surface area contributed by atoms with Crippen LogP contribution in [-0.4, -0.2) is 16.7 Å². The first-order valence-electron chi connectivity index (χ1n) is 10.8. The van der Waals surface area contributed by atoms with Crippen molar-refractivity contribution < 1.29 is 19.4 Å². The second kappa shape index (κ2) is 8.87. The molecular formula is C27H27ClO4. The number of benzene rings is 3. The summed E-state index contributed by atoms with van der Waals surface area (Å²) < 4.78 is 12.3. The van der Waals surface area contributed by atoms with Crippen molar-refractivity contribution in [3.8, 4) is 22.6 Å². The second-order valence-corrected chi connectivity index (χ2v) is 9.43. The monoisotopic (exact) mass is 450 g/mol. The van der Waals surface area contributed by atoms with Gasteiger partial charge in [-0.25, -0.2) is 0 Å². The largest absolute Gasteiger partial charge is 0.489 e. The first-order valence-corrected chi connectivity index (χ1v) is 11.1. The summed E-state index contributed by atoms with van der Waals surface area (Å²) >= 11 is 6.46. The number of carboxylic acids is 1. The number of rotatable bonds is 7. The van der Waals surface area contributed by atoms with E-state index in [1.165, 1.54) is 0 Å². The van der Waals surface area contributed by atoms with Gasteiger partial charge in [0.1, 0.15) is 23.7 Å². The van der Waals surface area contributed by atoms with E-state index in [0.29, 0.717) is 18.1 Å². The molecule has 0 aliphatic carbocycles. The molecule has 3 aromatic rings. The number of hydrogen-bond donors (Lipinski definition) is 1. The minimum atomic E-state index is -0.791. The lowest BCUT2D eigenvalue weighted by molar-refractivity contribution is -0.141. The van der Waals surface area contributed by atoms with Crippen LogP contribution in [0, 0.1) is 5.92 Å². The Kier molecular flexibility index (Phi) is 6.16. The number of carbonyl (C=O) groups is 1. The van der Waals surface area contributed by atoms with Crippen molar-refractivity contribution in [2.24, 2.45) is 5.92 Å². The number of aliphatic carboxylic acids is 1. The SMILES string of the molecule is CC(Cc1ccc(OCc2cc(-c3ccccc3Cl)cc3c2OC(C)(C)C3)cc1)C(=O)O. The van der Waals surface area contributed by atoms with Crippen LogP contribution in [0.15, 0.2) is 60.7 Å². The summed E-state index contributed by atoms with van der Waals surface area (Å²) in [5.74, 6) is 0.404. The summed E-state index contributed by atoms with van der Waals surface area (Å²) in [6.45, 7) is 6.25. The zero-order chi connectivity index (χ0) is 22.9. The average Bonchev–Trinajstić information content (AvgIpc) is 3.07. The Labute approximate surface area is 193 Å². The van der Waals surface area contributed by atoms with Gasteiger partial charge >= 0.3 is 5.97 Å². The Bertz CT molecular complexity index is 1130. The van der Waals surface area contributed by atoms with Crippen LogP contribution in [0.4, 0.5) is 0 Å². The number of fused-ring (bicyclic) bond motifs is 1. The molecule has 1 heterocycles. The summed E-state index contributed by atoms with van der Waals surface area (Å²) in [6, 6.07) is 19.7. The van der Waals surface area contributed by atoms with Crippen molar-refractivity contribution >= 4 is 17.6 Å². The summed E-state index contributed by atoms with van der Waals surface area (Å²) in [4.78, 5) is 11.1. The quantitative estimate of drug-likeness (QED) is 0.442. The van der Waals surface area contributed by atoms with Gasteiger partial charge in [0.25, 0.3) is 0 Å². The molecule has 32 heavy (non-hydrogen) atoms. The van der Waals surface area contributed by atoms with Gasteiger partial charge in [0.05, 0.1) is 5.92 Å². The van der Waals surface area contributed by atoms with Gasteiger partial charge in [0, 0.05) is 22.6 Å². The number of ether oxygens (including phenoxy) is 2. The van der Waals surface area contributed by atoms with Crippen LogP contribution in [0.1, 0.15) is 37.5 Å². The summed E-state index contributed by atoms with van der Waals surface area (Å²) in [6.07, 6.45) is 1.32. The molecule has 0 radical (unpaired) electrons. The molecule has 0 bridgehead atoms. The third kappa shape index (κ3) is 4.91. The third-order valence-corrected chi connectivity index (χ3v) is 6.03. The van der Waals surface area contributed by atoms with Gasteiger partial charge in [-0.1, -0.05) is 48.9 Å². The first-order chi connectivity index (χ1) is 15.2. The molecule has 3 aromatic carbocycles.